The van der Waals surface area contributed by atoms with E-state index in [-0.39, 0.29) is 22.4 Å². The number of carbonyl (C=O) groups is 1. The van der Waals surface area contributed by atoms with E-state index in [4.69, 9.17) is 22.1 Å². The van der Waals surface area contributed by atoms with Gasteiger partial charge in [-0.2, -0.15) is 13.2 Å². The molecule has 0 unspecified atom stereocenters. The van der Waals surface area contributed by atoms with Crippen molar-refractivity contribution in [1.29, 1.82) is 0 Å². The Balaban J connectivity index is 1.36. The Hall–Kier alpha value is -4.38. The third-order valence-electron chi connectivity index (χ3n) is 4.81. The number of anilines is 3. The number of carbonyl (C=O) groups excluding carboxylic acids is 1. The van der Waals surface area contributed by atoms with Gasteiger partial charge in [0.15, 0.2) is 0 Å². The number of alkyl halides is 3. The lowest BCUT2D eigenvalue weighted by molar-refractivity contribution is -0.137. The van der Waals surface area contributed by atoms with Crippen LogP contribution in [0.25, 0.3) is 11.1 Å². The molecule has 0 aliphatic heterocycles. The second kappa shape index (κ2) is 10.1. The van der Waals surface area contributed by atoms with E-state index in [0.29, 0.717) is 22.6 Å². The van der Waals surface area contributed by atoms with Gasteiger partial charge in [-0.3, -0.25) is 0 Å². The highest BCUT2D eigenvalue weighted by Crippen LogP contribution is 2.34. The fourth-order valence-electron chi connectivity index (χ4n) is 3.10. The van der Waals surface area contributed by atoms with Gasteiger partial charge in [0.2, 0.25) is 5.88 Å². The maximum atomic E-state index is 13.5. The van der Waals surface area contributed by atoms with E-state index in [9.17, 15) is 22.4 Å². The van der Waals surface area contributed by atoms with E-state index >= 15 is 0 Å². The molecule has 7 nitrogen and oxygen atoms in total. The third kappa shape index (κ3) is 5.99. The SMILES string of the molecule is Nc1ncc(F)cc1-c1ccc(Oc2ccc(NC(=O)Nc3ccc(C(F)(F)F)cc3Cl)cn2)cc1. The first kappa shape index (κ1) is 24.7. The van der Waals surface area contributed by atoms with Crippen LogP contribution in [0, 0.1) is 5.82 Å². The molecule has 0 atom stereocenters. The summed E-state index contributed by atoms with van der Waals surface area (Å²) in [5, 5.41) is 4.60. The molecule has 0 spiro atoms. The van der Waals surface area contributed by atoms with Crippen LogP contribution in [0.15, 0.2) is 73.1 Å². The van der Waals surface area contributed by atoms with Crippen molar-refractivity contribution in [3.8, 4) is 22.8 Å². The standard InChI is InChI=1S/C24H16ClF4N5O2/c25-19-9-14(24(27,28)29)3-7-20(19)34-23(35)33-16-4-8-21(31-12-16)36-17-5-1-13(2-6-17)18-10-15(26)11-32-22(18)30/h1-12H,(H2,30,32)(H2,33,34,35). The zero-order chi connectivity index (χ0) is 25.9. The van der Waals surface area contributed by atoms with Crippen molar-refractivity contribution in [2.45, 2.75) is 6.18 Å². The van der Waals surface area contributed by atoms with Gasteiger partial charge in [0.25, 0.3) is 0 Å². The van der Waals surface area contributed by atoms with Crippen molar-refractivity contribution in [1.82, 2.24) is 9.97 Å². The predicted molar refractivity (Wildman–Crippen MR) is 127 cm³/mol. The minimum Gasteiger partial charge on any atom is -0.439 e. The number of benzene rings is 2. The van der Waals surface area contributed by atoms with E-state index < -0.39 is 23.6 Å². The minimum absolute atomic E-state index is 0.00862. The number of nitrogen functional groups attached to an aromatic ring is 1. The quantitative estimate of drug-likeness (QED) is 0.248. The summed E-state index contributed by atoms with van der Waals surface area (Å²) in [6, 6.07) is 12.8. The molecule has 2 heterocycles. The number of amides is 2. The van der Waals surface area contributed by atoms with E-state index in [1.165, 1.54) is 24.4 Å². The summed E-state index contributed by atoms with van der Waals surface area (Å²) in [7, 11) is 0. The number of halogens is 5. The number of urea groups is 1. The van der Waals surface area contributed by atoms with Gasteiger partial charge >= 0.3 is 12.2 Å². The first-order valence-corrected chi connectivity index (χ1v) is 10.6. The Bertz CT molecular complexity index is 1400. The molecule has 12 heteroatoms. The van der Waals surface area contributed by atoms with Gasteiger partial charge < -0.3 is 21.1 Å². The van der Waals surface area contributed by atoms with Crippen molar-refractivity contribution in [3.05, 3.63) is 89.5 Å². The monoisotopic (exact) mass is 517 g/mol. The number of ether oxygens (including phenoxy) is 1. The van der Waals surface area contributed by atoms with Gasteiger partial charge in [-0.25, -0.2) is 19.2 Å². The van der Waals surface area contributed by atoms with Crippen LogP contribution in [0.1, 0.15) is 5.56 Å². The maximum Gasteiger partial charge on any atom is 0.416 e. The molecule has 4 rings (SSSR count). The van der Waals surface area contributed by atoms with Crippen molar-refractivity contribution in [2.75, 3.05) is 16.4 Å². The summed E-state index contributed by atoms with van der Waals surface area (Å²) in [4.78, 5) is 20.1. The van der Waals surface area contributed by atoms with Gasteiger partial charge in [0.05, 0.1) is 34.4 Å². The van der Waals surface area contributed by atoms with Crippen LogP contribution in [-0.4, -0.2) is 16.0 Å². The number of rotatable bonds is 5. The second-order valence-corrected chi connectivity index (χ2v) is 7.78. The predicted octanol–water partition coefficient (Wildman–Crippen LogP) is 6.97. The molecule has 4 aromatic rings. The van der Waals surface area contributed by atoms with Gasteiger partial charge in [-0.15, -0.1) is 0 Å². The number of nitrogens with two attached hydrogens (primary N) is 1. The zero-order valence-electron chi connectivity index (χ0n) is 18.1. The number of hydrogen-bond acceptors (Lipinski definition) is 5. The Morgan fingerprint density at radius 2 is 1.69 bits per heavy atom. The lowest BCUT2D eigenvalue weighted by Gasteiger charge is -2.12. The first-order chi connectivity index (χ1) is 17.1. The zero-order valence-corrected chi connectivity index (χ0v) is 18.9. The van der Waals surface area contributed by atoms with E-state index in [1.54, 1.807) is 24.3 Å². The highest BCUT2D eigenvalue weighted by molar-refractivity contribution is 6.33. The normalized spacial score (nSPS) is 11.1. The van der Waals surface area contributed by atoms with Gasteiger partial charge in [0.1, 0.15) is 17.4 Å². The van der Waals surface area contributed by atoms with Crippen molar-refractivity contribution < 1.29 is 27.1 Å². The molecule has 2 amide bonds. The summed E-state index contributed by atoms with van der Waals surface area (Å²) in [5.74, 6) is 0.365. The van der Waals surface area contributed by atoms with Crippen molar-refractivity contribution >= 4 is 34.8 Å². The number of nitrogens with zero attached hydrogens (tertiary/aromatic N) is 2. The molecular weight excluding hydrogens is 502 g/mol. The molecule has 4 N–H and O–H groups in total. The van der Waals surface area contributed by atoms with Crippen molar-refractivity contribution in [2.24, 2.45) is 0 Å². The van der Waals surface area contributed by atoms with Crippen LogP contribution < -0.4 is 21.1 Å². The highest BCUT2D eigenvalue weighted by Gasteiger charge is 2.31. The van der Waals surface area contributed by atoms with E-state index in [0.717, 1.165) is 24.4 Å². The first-order valence-electron chi connectivity index (χ1n) is 10.2. The van der Waals surface area contributed by atoms with Gasteiger partial charge in [-0.05, 0) is 48.0 Å². The molecule has 184 valence electrons. The number of aromatic nitrogens is 2. The summed E-state index contributed by atoms with van der Waals surface area (Å²) >= 11 is 5.84. The summed E-state index contributed by atoms with van der Waals surface area (Å²) in [5.41, 5.74) is 6.28. The number of pyridine rings is 2. The Labute approximate surface area is 206 Å². The molecule has 0 radical (unpaired) electrons. The number of hydrogen-bond donors (Lipinski definition) is 3. The smallest absolute Gasteiger partial charge is 0.416 e. The largest absolute Gasteiger partial charge is 0.439 e. The molecule has 2 aromatic heterocycles. The fourth-order valence-corrected chi connectivity index (χ4v) is 3.32. The fraction of sp³-hybridized carbons (Fsp3) is 0.0417. The topological polar surface area (TPSA) is 102 Å². The van der Waals surface area contributed by atoms with Gasteiger partial charge in [-0.1, -0.05) is 23.7 Å². The lowest BCUT2D eigenvalue weighted by Crippen LogP contribution is -2.20. The second-order valence-electron chi connectivity index (χ2n) is 7.37. The summed E-state index contributed by atoms with van der Waals surface area (Å²) in [6.45, 7) is 0. The van der Waals surface area contributed by atoms with Crippen LogP contribution in [0.3, 0.4) is 0 Å². The molecule has 2 aromatic carbocycles. The van der Waals surface area contributed by atoms with Crippen LogP contribution in [0.5, 0.6) is 11.6 Å². The maximum absolute atomic E-state index is 13.5. The minimum atomic E-state index is -4.55. The molecule has 36 heavy (non-hydrogen) atoms. The summed E-state index contributed by atoms with van der Waals surface area (Å²) in [6.07, 6.45) is -2.18. The van der Waals surface area contributed by atoms with Crippen LogP contribution in [-0.2, 0) is 6.18 Å². The molecule has 0 saturated heterocycles. The lowest BCUT2D eigenvalue weighted by atomic mass is 10.1. The Kier molecular flexibility index (Phi) is 6.93. The molecule has 0 aliphatic rings. The highest BCUT2D eigenvalue weighted by atomic mass is 35.5. The van der Waals surface area contributed by atoms with E-state index in [2.05, 4.69) is 20.6 Å². The van der Waals surface area contributed by atoms with Gasteiger partial charge in [0, 0.05) is 11.6 Å². The van der Waals surface area contributed by atoms with Crippen LogP contribution >= 0.6 is 11.6 Å². The van der Waals surface area contributed by atoms with Crippen molar-refractivity contribution in [3.63, 3.8) is 0 Å². The molecule has 0 bridgehead atoms. The average molecular weight is 518 g/mol. The third-order valence-corrected chi connectivity index (χ3v) is 5.12. The molecule has 0 fully saturated rings. The molecular formula is C24H16ClF4N5O2. The number of nitrogens with one attached hydrogen (secondary N) is 2. The summed E-state index contributed by atoms with van der Waals surface area (Å²) < 4.78 is 57.4. The van der Waals surface area contributed by atoms with Crippen LogP contribution in [0.4, 0.5) is 39.5 Å². The van der Waals surface area contributed by atoms with E-state index in [1.807, 2.05) is 0 Å². The Morgan fingerprint density at radius 3 is 2.33 bits per heavy atom. The molecule has 0 saturated carbocycles. The molecule has 0 aliphatic carbocycles. The Morgan fingerprint density at radius 1 is 0.944 bits per heavy atom. The van der Waals surface area contributed by atoms with Crippen LogP contribution in [0.2, 0.25) is 5.02 Å². The average Bonchev–Trinajstić information content (AvgIpc) is 2.83.